The zero-order chi connectivity index (χ0) is 32.4. The standard InChI is InChI=1S/C43H29N5/c1-43(2)36-20-8-6-18-32(36)34-22-23-35-33-19-7-9-21-37(33)48(39(35)38(34)43)31-17-11-16-30(25-31)42-46-40(28-13-4-3-5-14-28)45-41(47-42)29-15-10-12-27(24-29)26-44/h3-25H,1-2H3. The predicted octanol–water partition coefficient (Wildman–Crippen LogP) is 10.1. The Morgan fingerprint density at radius 3 is 2.00 bits per heavy atom. The average Bonchev–Trinajstić information content (AvgIpc) is 3.60. The van der Waals surface area contributed by atoms with Crippen molar-refractivity contribution in [1.82, 2.24) is 19.5 Å². The Morgan fingerprint density at radius 1 is 0.562 bits per heavy atom. The maximum atomic E-state index is 9.58. The quantitative estimate of drug-likeness (QED) is 0.198. The third-order valence-corrected chi connectivity index (χ3v) is 9.63. The maximum absolute atomic E-state index is 9.58. The van der Waals surface area contributed by atoms with Gasteiger partial charge in [0, 0.05) is 38.6 Å². The number of hydrogen-bond acceptors (Lipinski definition) is 4. The minimum absolute atomic E-state index is 0.180. The molecule has 2 heterocycles. The summed E-state index contributed by atoms with van der Waals surface area (Å²) in [5, 5.41) is 12.0. The van der Waals surface area contributed by atoms with Crippen LogP contribution in [0.3, 0.4) is 0 Å². The molecule has 0 unspecified atom stereocenters. The monoisotopic (exact) mass is 615 g/mol. The minimum atomic E-state index is -0.180. The lowest BCUT2D eigenvalue weighted by Gasteiger charge is -2.23. The molecule has 5 nitrogen and oxygen atoms in total. The van der Waals surface area contributed by atoms with Crippen LogP contribution >= 0.6 is 0 Å². The van der Waals surface area contributed by atoms with Crippen LogP contribution in [0.15, 0.2) is 140 Å². The molecule has 1 aliphatic rings. The number of fused-ring (bicyclic) bond motifs is 7. The summed E-state index contributed by atoms with van der Waals surface area (Å²) in [5.41, 5.74) is 11.6. The number of benzene rings is 6. The van der Waals surface area contributed by atoms with E-state index < -0.39 is 0 Å². The van der Waals surface area contributed by atoms with Crippen molar-refractivity contribution >= 4 is 21.8 Å². The molecule has 0 saturated heterocycles. The van der Waals surface area contributed by atoms with E-state index in [1.165, 1.54) is 38.5 Å². The number of hydrogen-bond donors (Lipinski definition) is 0. The Hall–Kier alpha value is -6.38. The van der Waals surface area contributed by atoms with Gasteiger partial charge in [0.2, 0.25) is 0 Å². The fraction of sp³-hybridized carbons (Fsp3) is 0.0698. The van der Waals surface area contributed by atoms with Crippen molar-refractivity contribution in [3.8, 4) is 57.0 Å². The lowest BCUT2D eigenvalue weighted by Crippen LogP contribution is -2.16. The van der Waals surface area contributed by atoms with Crippen LogP contribution in [0.4, 0.5) is 0 Å². The molecule has 5 heteroatoms. The third-order valence-electron chi connectivity index (χ3n) is 9.63. The van der Waals surface area contributed by atoms with Gasteiger partial charge in [0.15, 0.2) is 17.5 Å². The van der Waals surface area contributed by atoms with Gasteiger partial charge in [-0.2, -0.15) is 5.26 Å². The largest absolute Gasteiger partial charge is 0.309 e. The zero-order valence-corrected chi connectivity index (χ0v) is 26.5. The molecule has 9 rings (SSSR count). The van der Waals surface area contributed by atoms with Crippen LogP contribution in [0, 0.1) is 11.3 Å². The summed E-state index contributed by atoms with van der Waals surface area (Å²) in [6.45, 7) is 4.68. The summed E-state index contributed by atoms with van der Waals surface area (Å²) in [6, 6.07) is 50.1. The molecule has 0 bridgehead atoms. The van der Waals surface area contributed by atoms with E-state index in [0.29, 0.717) is 23.0 Å². The van der Waals surface area contributed by atoms with Gasteiger partial charge in [-0.1, -0.05) is 123 Å². The first-order valence-corrected chi connectivity index (χ1v) is 16.1. The second-order valence-electron chi connectivity index (χ2n) is 12.8. The fourth-order valence-electron chi connectivity index (χ4n) is 7.44. The Bertz CT molecular complexity index is 2610. The number of rotatable bonds is 4. The first-order chi connectivity index (χ1) is 23.5. The Morgan fingerprint density at radius 2 is 1.21 bits per heavy atom. The second-order valence-corrected chi connectivity index (χ2v) is 12.8. The average molecular weight is 616 g/mol. The summed E-state index contributed by atoms with van der Waals surface area (Å²) in [7, 11) is 0. The van der Waals surface area contributed by atoms with Crippen molar-refractivity contribution in [3.05, 3.63) is 156 Å². The van der Waals surface area contributed by atoms with Crippen LogP contribution in [-0.2, 0) is 5.41 Å². The highest BCUT2D eigenvalue weighted by Gasteiger charge is 2.38. The van der Waals surface area contributed by atoms with Gasteiger partial charge in [-0.15, -0.1) is 0 Å². The van der Waals surface area contributed by atoms with Crippen molar-refractivity contribution < 1.29 is 0 Å². The first kappa shape index (κ1) is 27.9. The SMILES string of the molecule is CC1(C)c2ccccc2-c2ccc3c4ccccc4n(-c4cccc(-c5nc(-c6ccccc6)nc(-c6cccc(C#N)c6)n5)c4)c3c21. The van der Waals surface area contributed by atoms with Crippen molar-refractivity contribution in [2.75, 3.05) is 0 Å². The van der Waals surface area contributed by atoms with E-state index in [1.807, 2.05) is 48.5 Å². The summed E-state index contributed by atoms with van der Waals surface area (Å²) in [4.78, 5) is 14.9. The van der Waals surface area contributed by atoms with E-state index in [4.69, 9.17) is 15.0 Å². The molecule has 0 saturated carbocycles. The van der Waals surface area contributed by atoms with Crippen LogP contribution in [-0.4, -0.2) is 19.5 Å². The lowest BCUT2D eigenvalue weighted by atomic mass is 9.81. The Labute approximate surface area is 278 Å². The van der Waals surface area contributed by atoms with E-state index >= 15 is 0 Å². The van der Waals surface area contributed by atoms with Crippen LogP contribution in [0.5, 0.6) is 0 Å². The smallest absolute Gasteiger partial charge is 0.164 e. The zero-order valence-electron chi connectivity index (χ0n) is 26.5. The topological polar surface area (TPSA) is 67.4 Å². The number of nitriles is 1. The molecule has 0 atom stereocenters. The molecule has 0 spiro atoms. The van der Waals surface area contributed by atoms with Gasteiger partial charge in [-0.25, -0.2) is 15.0 Å². The summed E-state index contributed by atoms with van der Waals surface area (Å²) < 4.78 is 2.41. The number of para-hydroxylation sites is 1. The van der Waals surface area contributed by atoms with Gasteiger partial charge >= 0.3 is 0 Å². The highest BCUT2D eigenvalue weighted by molar-refractivity contribution is 6.13. The second kappa shape index (κ2) is 10.6. The van der Waals surface area contributed by atoms with Gasteiger partial charge in [-0.05, 0) is 52.6 Å². The first-order valence-electron chi connectivity index (χ1n) is 16.1. The van der Waals surface area contributed by atoms with Crippen molar-refractivity contribution in [3.63, 3.8) is 0 Å². The van der Waals surface area contributed by atoms with Crippen LogP contribution < -0.4 is 0 Å². The fourth-order valence-corrected chi connectivity index (χ4v) is 7.44. The van der Waals surface area contributed by atoms with Crippen LogP contribution in [0.25, 0.3) is 72.8 Å². The highest BCUT2D eigenvalue weighted by atomic mass is 15.0. The predicted molar refractivity (Wildman–Crippen MR) is 193 cm³/mol. The van der Waals surface area contributed by atoms with Gasteiger partial charge in [-0.3, -0.25) is 0 Å². The van der Waals surface area contributed by atoms with Crippen LogP contribution in [0.2, 0.25) is 0 Å². The van der Waals surface area contributed by atoms with Gasteiger partial charge in [0.25, 0.3) is 0 Å². The Balaban J connectivity index is 1.29. The van der Waals surface area contributed by atoms with Crippen molar-refractivity contribution in [2.24, 2.45) is 0 Å². The van der Waals surface area contributed by atoms with E-state index in [2.05, 4.69) is 109 Å². The van der Waals surface area contributed by atoms with Gasteiger partial charge < -0.3 is 4.57 Å². The minimum Gasteiger partial charge on any atom is -0.309 e. The summed E-state index contributed by atoms with van der Waals surface area (Å²) in [6.07, 6.45) is 0. The van der Waals surface area contributed by atoms with Crippen molar-refractivity contribution in [2.45, 2.75) is 19.3 Å². The molecule has 6 aromatic carbocycles. The molecule has 1 aliphatic carbocycles. The summed E-state index contributed by atoms with van der Waals surface area (Å²) >= 11 is 0. The molecular weight excluding hydrogens is 587 g/mol. The van der Waals surface area contributed by atoms with E-state index in [0.717, 1.165) is 27.9 Å². The molecule has 0 radical (unpaired) electrons. The Kier molecular flexibility index (Phi) is 6.15. The lowest BCUT2D eigenvalue weighted by molar-refractivity contribution is 0.664. The molecule has 8 aromatic rings. The van der Waals surface area contributed by atoms with Gasteiger partial charge in [0.1, 0.15) is 0 Å². The molecule has 0 amide bonds. The van der Waals surface area contributed by atoms with E-state index in [-0.39, 0.29) is 5.41 Å². The third kappa shape index (κ3) is 4.20. The van der Waals surface area contributed by atoms with E-state index in [9.17, 15) is 5.26 Å². The van der Waals surface area contributed by atoms with E-state index in [1.54, 1.807) is 6.07 Å². The van der Waals surface area contributed by atoms with Crippen molar-refractivity contribution in [1.29, 1.82) is 5.26 Å². The van der Waals surface area contributed by atoms with Crippen LogP contribution in [0.1, 0.15) is 30.5 Å². The molecule has 0 N–H and O–H groups in total. The number of aromatic nitrogens is 4. The molecule has 48 heavy (non-hydrogen) atoms. The molecule has 2 aromatic heterocycles. The van der Waals surface area contributed by atoms with Gasteiger partial charge in [0.05, 0.1) is 22.7 Å². The highest BCUT2D eigenvalue weighted by Crippen LogP contribution is 2.52. The number of nitrogens with zero attached hydrogens (tertiary/aromatic N) is 5. The molecule has 226 valence electrons. The molecule has 0 fully saturated rings. The molecular formula is C43H29N5. The maximum Gasteiger partial charge on any atom is 0.164 e. The normalized spacial score (nSPS) is 12.9. The molecule has 0 aliphatic heterocycles. The summed E-state index contributed by atoms with van der Waals surface area (Å²) in [5.74, 6) is 1.68.